The van der Waals surface area contributed by atoms with Crippen molar-refractivity contribution in [3.63, 3.8) is 0 Å². The van der Waals surface area contributed by atoms with Crippen LogP contribution < -0.4 is 0 Å². The zero-order valence-electron chi connectivity index (χ0n) is 5.83. The Morgan fingerprint density at radius 1 is 1.50 bits per heavy atom. The number of rotatable bonds is 3. The van der Waals surface area contributed by atoms with Gasteiger partial charge in [-0.15, -0.1) is 6.54 Å². The third-order valence-electron chi connectivity index (χ3n) is 1.15. The second-order valence-electron chi connectivity index (χ2n) is 1.90. The smallest absolute Gasteiger partial charge is 0.0945 e. The van der Waals surface area contributed by atoms with E-state index in [0.29, 0.717) is 6.54 Å². The average molecular weight is 213 g/mol. The molecule has 0 spiro atoms. The Morgan fingerprint density at radius 3 is 2.80 bits per heavy atom. The van der Waals surface area contributed by atoms with Gasteiger partial charge in [-0.1, -0.05) is 6.42 Å². The fourth-order valence-corrected chi connectivity index (χ4v) is 0.681. The molecule has 0 atom stereocenters. The first-order chi connectivity index (χ1) is 4.43. The minimum Gasteiger partial charge on any atom is -0.677 e. The minimum absolute atomic E-state index is 0. The molecule has 3 nitrogen and oxygen atoms in total. The van der Waals surface area contributed by atoms with Crippen LogP contribution in [0.5, 0.6) is 0 Å². The van der Waals surface area contributed by atoms with Crippen molar-refractivity contribution in [2.75, 3.05) is 6.54 Å². The predicted molar refractivity (Wildman–Crippen MR) is 36.0 cm³/mol. The Balaban J connectivity index is 0.000000810. The second kappa shape index (κ2) is 6.01. The van der Waals surface area contributed by atoms with Gasteiger partial charge in [-0.3, -0.25) is 0 Å². The summed E-state index contributed by atoms with van der Waals surface area (Å²) < 4.78 is 1.98. The van der Waals surface area contributed by atoms with Crippen LogP contribution in [0, 0.1) is 0 Å². The van der Waals surface area contributed by atoms with Crippen molar-refractivity contribution in [3.8, 4) is 0 Å². The number of hydrogen-bond acceptors (Lipinski definition) is 1. The van der Waals surface area contributed by atoms with E-state index in [1.807, 2.05) is 10.8 Å². The second-order valence-corrected chi connectivity index (χ2v) is 1.90. The molecule has 10 heavy (non-hydrogen) atoms. The van der Waals surface area contributed by atoms with Crippen LogP contribution in [0.1, 0.15) is 6.42 Å². The summed E-state index contributed by atoms with van der Waals surface area (Å²) in [6, 6.07) is 0. The monoisotopic (exact) mass is 213 g/mol. The molecule has 0 fully saturated rings. The molecule has 0 saturated carbocycles. The predicted octanol–water partition coefficient (Wildman–Crippen LogP) is 1.32. The number of hydrogen-bond donors (Lipinski definition) is 0. The van der Waals surface area contributed by atoms with Crippen molar-refractivity contribution in [3.05, 3.63) is 24.5 Å². The Labute approximate surface area is 85.9 Å². The Hall–Kier alpha value is 0.274. The summed E-state index contributed by atoms with van der Waals surface area (Å²) >= 11 is 0. The summed E-state index contributed by atoms with van der Waals surface area (Å²) in [6.07, 6.45) is 6.35. The normalized spacial score (nSPS) is 8.90. The third kappa shape index (κ3) is 3.44. The maximum atomic E-state index is 6.87. The van der Waals surface area contributed by atoms with Crippen molar-refractivity contribution in [1.29, 1.82) is 0 Å². The quantitative estimate of drug-likeness (QED) is 0.746. The number of nitrogens with one attached hydrogen (secondary N) is 1. The molecule has 0 aromatic carbocycles. The number of imidazole rings is 1. The molecule has 0 aliphatic carbocycles. The molecule has 0 bridgehead atoms. The van der Waals surface area contributed by atoms with Crippen molar-refractivity contribution in [1.82, 2.24) is 9.55 Å². The van der Waals surface area contributed by atoms with Gasteiger partial charge in [0.15, 0.2) is 0 Å². The molecule has 0 aliphatic rings. The number of aromatic nitrogens is 2. The summed E-state index contributed by atoms with van der Waals surface area (Å²) in [7, 11) is 0. The van der Waals surface area contributed by atoms with E-state index in [4.69, 9.17) is 5.73 Å². The summed E-state index contributed by atoms with van der Waals surface area (Å²) in [6.45, 7) is 1.42. The molecule has 1 aromatic rings. The zero-order valence-corrected chi connectivity index (χ0v) is 8.66. The SMILES string of the molecule is [NH-]CCCn1ccnc1.[Y]. The van der Waals surface area contributed by atoms with Crippen LogP contribution in [0.2, 0.25) is 0 Å². The van der Waals surface area contributed by atoms with E-state index in [2.05, 4.69) is 4.98 Å². The molecular weight excluding hydrogens is 203 g/mol. The molecule has 0 unspecified atom stereocenters. The third-order valence-corrected chi connectivity index (χ3v) is 1.15. The van der Waals surface area contributed by atoms with Crippen LogP contribution in [-0.2, 0) is 39.3 Å². The first-order valence-corrected chi connectivity index (χ1v) is 3.04. The first-order valence-electron chi connectivity index (χ1n) is 3.04. The van der Waals surface area contributed by atoms with Crippen LogP contribution >= 0.6 is 0 Å². The molecule has 0 amide bonds. The standard InChI is InChI=1S/C6H10N3.Y/c7-2-1-4-9-5-3-8-6-9;/h3,5-7H,1-2,4H2;/q-1;. The van der Waals surface area contributed by atoms with Gasteiger partial charge in [0, 0.05) is 51.6 Å². The largest absolute Gasteiger partial charge is 0.677 e. The Bertz CT molecular complexity index is 150. The van der Waals surface area contributed by atoms with Crippen LogP contribution in [0.3, 0.4) is 0 Å². The number of aryl methyl sites for hydroxylation is 1. The fraction of sp³-hybridized carbons (Fsp3) is 0.500. The Morgan fingerprint density at radius 2 is 2.30 bits per heavy atom. The maximum absolute atomic E-state index is 6.87. The van der Waals surface area contributed by atoms with Gasteiger partial charge in [-0.2, -0.15) is 0 Å². The fourth-order valence-electron chi connectivity index (χ4n) is 0.681. The molecule has 53 valence electrons. The summed E-state index contributed by atoms with van der Waals surface area (Å²) in [5.74, 6) is 0. The number of nitrogens with zero attached hydrogens (tertiary/aromatic N) is 2. The minimum atomic E-state index is 0. The summed E-state index contributed by atoms with van der Waals surface area (Å²) in [4.78, 5) is 3.88. The van der Waals surface area contributed by atoms with E-state index in [-0.39, 0.29) is 32.7 Å². The van der Waals surface area contributed by atoms with Gasteiger partial charge in [-0.25, -0.2) is 4.98 Å². The van der Waals surface area contributed by atoms with E-state index in [1.54, 1.807) is 12.5 Å². The van der Waals surface area contributed by atoms with Crippen LogP contribution in [0.4, 0.5) is 0 Å². The Kier molecular flexibility index (Phi) is 6.18. The van der Waals surface area contributed by atoms with Gasteiger partial charge >= 0.3 is 0 Å². The first kappa shape index (κ1) is 10.3. The molecule has 0 aliphatic heterocycles. The summed E-state index contributed by atoms with van der Waals surface area (Å²) in [5.41, 5.74) is 6.87. The maximum Gasteiger partial charge on any atom is 0.0945 e. The van der Waals surface area contributed by atoms with Crippen molar-refractivity contribution >= 4 is 0 Å². The van der Waals surface area contributed by atoms with Crippen LogP contribution in [0.25, 0.3) is 5.73 Å². The van der Waals surface area contributed by atoms with E-state index in [1.165, 1.54) is 0 Å². The van der Waals surface area contributed by atoms with Gasteiger partial charge in [0.25, 0.3) is 0 Å². The molecule has 0 saturated heterocycles. The average Bonchev–Trinajstić information content (AvgIpc) is 2.34. The van der Waals surface area contributed by atoms with Crippen molar-refractivity contribution < 1.29 is 32.7 Å². The van der Waals surface area contributed by atoms with E-state index < -0.39 is 0 Å². The summed E-state index contributed by atoms with van der Waals surface area (Å²) in [5, 5.41) is 0. The van der Waals surface area contributed by atoms with Crippen LogP contribution in [-0.4, -0.2) is 16.1 Å². The molecule has 4 heteroatoms. The topological polar surface area (TPSA) is 41.6 Å². The van der Waals surface area contributed by atoms with Gasteiger partial charge in [0.05, 0.1) is 6.33 Å². The molecule has 1 heterocycles. The van der Waals surface area contributed by atoms with E-state index >= 15 is 0 Å². The van der Waals surface area contributed by atoms with E-state index in [0.717, 1.165) is 13.0 Å². The van der Waals surface area contributed by atoms with Gasteiger partial charge in [-0.05, 0) is 0 Å². The van der Waals surface area contributed by atoms with Gasteiger partial charge in [0.1, 0.15) is 0 Å². The molecule has 1 aromatic heterocycles. The van der Waals surface area contributed by atoms with Gasteiger partial charge in [0.2, 0.25) is 0 Å². The molecule has 1 N–H and O–H groups in total. The van der Waals surface area contributed by atoms with E-state index in [9.17, 15) is 0 Å². The molecular formula is C6H10N3Y-. The molecule has 1 radical (unpaired) electrons. The van der Waals surface area contributed by atoms with Gasteiger partial charge < -0.3 is 10.3 Å². The van der Waals surface area contributed by atoms with Crippen molar-refractivity contribution in [2.45, 2.75) is 13.0 Å². The molecule has 1 rings (SSSR count). The zero-order chi connectivity index (χ0) is 6.53. The van der Waals surface area contributed by atoms with Crippen LogP contribution in [0.15, 0.2) is 18.7 Å². The van der Waals surface area contributed by atoms with Crippen molar-refractivity contribution in [2.24, 2.45) is 0 Å².